The van der Waals surface area contributed by atoms with E-state index in [1.165, 1.54) is 18.2 Å². The van der Waals surface area contributed by atoms with Crippen LogP contribution >= 0.6 is 23.2 Å². The predicted octanol–water partition coefficient (Wildman–Crippen LogP) is 4.76. The SMILES string of the molecule is CC(C)[C@H](NC(=O)c1ccccc1F)C(=O)N[C@H](C)c1ccc(Cl)cc1Cl. The molecule has 2 rings (SSSR count). The summed E-state index contributed by atoms with van der Waals surface area (Å²) in [4.78, 5) is 25.1. The van der Waals surface area contributed by atoms with Crippen molar-refractivity contribution in [3.05, 3.63) is 69.5 Å². The lowest BCUT2D eigenvalue weighted by atomic mass is 10.0. The van der Waals surface area contributed by atoms with E-state index in [0.717, 1.165) is 0 Å². The zero-order valence-corrected chi connectivity index (χ0v) is 16.7. The number of carbonyl (C=O) groups is 2. The maximum absolute atomic E-state index is 13.8. The lowest BCUT2D eigenvalue weighted by Gasteiger charge is -2.24. The lowest BCUT2D eigenvalue weighted by molar-refractivity contribution is -0.124. The van der Waals surface area contributed by atoms with Crippen LogP contribution in [0.1, 0.15) is 42.7 Å². The topological polar surface area (TPSA) is 58.2 Å². The molecule has 0 aliphatic rings. The number of hydrogen-bond donors (Lipinski definition) is 2. The van der Waals surface area contributed by atoms with Crippen LogP contribution in [0.5, 0.6) is 0 Å². The Balaban J connectivity index is 2.12. The fourth-order valence-electron chi connectivity index (χ4n) is 2.63. The zero-order chi connectivity index (χ0) is 20.1. The molecule has 0 bridgehead atoms. The van der Waals surface area contributed by atoms with Crippen molar-refractivity contribution in [1.82, 2.24) is 10.6 Å². The standard InChI is InChI=1S/C20H21Cl2FN2O2/c1-11(2)18(25-19(26)15-6-4-5-7-17(15)23)20(27)24-12(3)14-9-8-13(21)10-16(14)22/h4-12,18H,1-3H3,(H,24,27)(H,25,26)/t12-,18+/m1/s1. The van der Waals surface area contributed by atoms with E-state index in [0.29, 0.717) is 15.6 Å². The second kappa shape index (κ2) is 9.20. The molecule has 2 aromatic carbocycles. The van der Waals surface area contributed by atoms with Gasteiger partial charge in [0.1, 0.15) is 11.9 Å². The van der Waals surface area contributed by atoms with Gasteiger partial charge in [-0.1, -0.05) is 55.2 Å². The highest BCUT2D eigenvalue weighted by molar-refractivity contribution is 6.35. The van der Waals surface area contributed by atoms with Crippen LogP contribution < -0.4 is 10.6 Å². The fraction of sp³-hybridized carbons (Fsp3) is 0.300. The van der Waals surface area contributed by atoms with Gasteiger partial charge in [0, 0.05) is 10.0 Å². The molecule has 0 saturated heterocycles. The second-order valence-corrected chi connectivity index (χ2v) is 7.41. The smallest absolute Gasteiger partial charge is 0.254 e. The molecule has 2 N–H and O–H groups in total. The average Bonchev–Trinajstić information content (AvgIpc) is 2.59. The molecule has 0 fully saturated rings. The summed E-state index contributed by atoms with van der Waals surface area (Å²) < 4.78 is 13.8. The van der Waals surface area contributed by atoms with Gasteiger partial charge in [-0.2, -0.15) is 0 Å². The molecular weight excluding hydrogens is 390 g/mol. The molecule has 2 amide bonds. The van der Waals surface area contributed by atoms with Gasteiger partial charge in [0.25, 0.3) is 5.91 Å². The zero-order valence-electron chi connectivity index (χ0n) is 15.2. The number of benzene rings is 2. The Bertz CT molecular complexity index is 842. The molecule has 0 aromatic heterocycles. The normalized spacial score (nSPS) is 13.1. The molecule has 0 saturated carbocycles. The molecule has 0 unspecified atom stereocenters. The van der Waals surface area contributed by atoms with Crippen molar-refractivity contribution in [2.24, 2.45) is 5.92 Å². The molecular formula is C20H21Cl2FN2O2. The summed E-state index contributed by atoms with van der Waals surface area (Å²) in [6.45, 7) is 5.38. The van der Waals surface area contributed by atoms with E-state index in [4.69, 9.17) is 23.2 Å². The van der Waals surface area contributed by atoms with Gasteiger partial charge in [-0.05, 0) is 42.7 Å². The van der Waals surface area contributed by atoms with Gasteiger partial charge in [-0.3, -0.25) is 9.59 Å². The Morgan fingerprint density at radius 1 is 1.00 bits per heavy atom. The van der Waals surface area contributed by atoms with Crippen LogP contribution in [0.25, 0.3) is 0 Å². The third-order valence-electron chi connectivity index (χ3n) is 4.14. The minimum atomic E-state index is -0.828. The number of rotatable bonds is 6. The Morgan fingerprint density at radius 2 is 1.67 bits per heavy atom. The third kappa shape index (κ3) is 5.44. The van der Waals surface area contributed by atoms with Gasteiger partial charge in [0.15, 0.2) is 0 Å². The second-order valence-electron chi connectivity index (χ2n) is 6.57. The van der Waals surface area contributed by atoms with Crippen LogP contribution in [0.2, 0.25) is 10.0 Å². The van der Waals surface area contributed by atoms with E-state index < -0.39 is 23.8 Å². The van der Waals surface area contributed by atoms with Crippen LogP contribution in [0.15, 0.2) is 42.5 Å². The lowest BCUT2D eigenvalue weighted by Crippen LogP contribution is -2.50. The summed E-state index contributed by atoms with van der Waals surface area (Å²) in [6.07, 6.45) is 0. The number of hydrogen-bond acceptors (Lipinski definition) is 2. The minimum absolute atomic E-state index is 0.107. The van der Waals surface area contributed by atoms with Crippen molar-refractivity contribution in [2.45, 2.75) is 32.9 Å². The van der Waals surface area contributed by atoms with Crippen molar-refractivity contribution in [3.8, 4) is 0 Å². The maximum atomic E-state index is 13.8. The van der Waals surface area contributed by atoms with Crippen molar-refractivity contribution in [3.63, 3.8) is 0 Å². The molecule has 4 nitrogen and oxygen atoms in total. The largest absolute Gasteiger partial charge is 0.348 e. The van der Waals surface area contributed by atoms with Crippen LogP contribution in [0.4, 0.5) is 4.39 Å². The predicted molar refractivity (Wildman–Crippen MR) is 106 cm³/mol. The van der Waals surface area contributed by atoms with Gasteiger partial charge < -0.3 is 10.6 Å². The van der Waals surface area contributed by atoms with E-state index in [9.17, 15) is 14.0 Å². The Kier molecular flexibility index (Phi) is 7.22. The first-order valence-electron chi connectivity index (χ1n) is 8.51. The highest BCUT2D eigenvalue weighted by atomic mass is 35.5. The van der Waals surface area contributed by atoms with Crippen molar-refractivity contribution < 1.29 is 14.0 Å². The van der Waals surface area contributed by atoms with Crippen molar-refractivity contribution in [2.75, 3.05) is 0 Å². The van der Waals surface area contributed by atoms with Gasteiger partial charge in [0.2, 0.25) is 5.91 Å². The van der Waals surface area contributed by atoms with Gasteiger partial charge >= 0.3 is 0 Å². The Hall–Kier alpha value is -2.11. The molecule has 0 aliphatic heterocycles. The molecule has 0 spiro atoms. The summed E-state index contributed by atoms with van der Waals surface area (Å²) >= 11 is 12.1. The first-order chi connectivity index (χ1) is 12.7. The highest BCUT2D eigenvalue weighted by Gasteiger charge is 2.27. The van der Waals surface area contributed by atoms with E-state index in [1.54, 1.807) is 45.0 Å². The first kappa shape index (κ1) is 21.2. The molecule has 27 heavy (non-hydrogen) atoms. The van der Waals surface area contributed by atoms with E-state index >= 15 is 0 Å². The molecule has 0 radical (unpaired) electrons. The minimum Gasteiger partial charge on any atom is -0.348 e. The monoisotopic (exact) mass is 410 g/mol. The highest BCUT2D eigenvalue weighted by Crippen LogP contribution is 2.26. The summed E-state index contributed by atoms with van der Waals surface area (Å²) in [7, 11) is 0. The van der Waals surface area contributed by atoms with Crippen molar-refractivity contribution >= 4 is 35.0 Å². The third-order valence-corrected chi connectivity index (χ3v) is 4.70. The van der Waals surface area contributed by atoms with Gasteiger partial charge in [0.05, 0.1) is 11.6 Å². The van der Waals surface area contributed by atoms with Crippen LogP contribution in [-0.4, -0.2) is 17.9 Å². The number of nitrogens with one attached hydrogen (secondary N) is 2. The summed E-state index contributed by atoms with van der Waals surface area (Å²) in [5.74, 6) is -1.86. The van der Waals surface area contributed by atoms with Crippen LogP contribution in [-0.2, 0) is 4.79 Å². The number of amides is 2. The van der Waals surface area contributed by atoms with Crippen LogP contribution in [0.3, 0.4) is 0 Å². The molecule has 7 heteroatoms. The number of carbonyl (C=O) groups excluding carboxylic acids is 2. The fourth-order valence-corrected chi connectivity index (χ4v) is 3.21. The summed E-state index contributed by atoms with van der Waals surface area (Å²) in [6, 6.07) is 9.42. The van der Waals surface area contributed by atoms with E-state index in [1.807, 2.05) is 0 Å². The average molecular weight is 411 g/mol. The molecule has 2 aromatic rings. The number of halogens is 3. The van der Waals surface area contributed by atoms with E-state index in [-0.39, 0.29) is 17.4 Å². The molecule has 0 aliphatic carbocycles. The maximum Gasteiger partial charge on any atom is 0.254 e. The van der Waals surface area contributed by atoms with E-state index in [2.05, 4.69) is 10.6 Å². The summed E-state index contributed by atoms with van der Waals surface area (Å²) in [5, 5.41) is 6.38. The Morgan fingerprint density at radius 3 is 2.26 bits per heavy atom. The first-order valence-corrected chi connectivity index (χ1v) is 9.27. The van der Waals surface area contributed by atoms with Crippen LogP contribution in [0, 0.1) is 11.7 Å². The summed E-state index contributed by atoms with van der Waals surface area (Å²) in [5.41, 5.74) is 0.599. The molecule has 144 valence electrons. The van der Waals surface area contributed by atoms with Crippen molar-refractivity contribution in [1.29, 1.82) is 0 Å². The van der Waals surface area contributed by atoms with Gasteiger partial charge in [-0.15, -0.1) is 0 Å². The molecule has 2 atom stereocenters. The van der Waals surface area contributed by atoms with Gasteiger partial charge in [-0.25, -0.2) is 4.39 Å². The molecule has 0 heterocycles. The quantitative estimate of drug-likeness (QED) is 0.720. The Labute approximate surface area is 168 Å².